The van der Waals surface area contributed by atoms with E-state index in [4.69, 9.17) is 16.3 Å². The molecule has 0 aliphatic rings. The van der Waals surface area contributed by atoms with Crippen LogP contribution in [0.5, 0.6) is 5.75 Å². The Hall–Kier alpha value is -1.80. The first-order valence-electron chi connectivity index (χ1n) is 9.53. The molecule has 0 heterocycles. The summed E-state index contributed by atoms with van der Waals surface area (Å²) in [7, 11) is 0. The van der Waals surface area contributed by atoms with Crippen molar-refractivity contribution in [2.75, 3.05) is 6.61 Å². The van der Waals surface area contributed by atoms with Gasteiger partial charge in [0.05, 0.1) is 0 Å². The summed E-state index contributed by atoms with van der Waals surface area (Å²) in [4.78, 5) is 27.1. The molecule has 0 saturated heterocycles. The summed E-state index contributed by atoms with van der Waals surface area (Å²) in [6, 6.07) is 14.1. The summed E-state index contributed by atoms with van der Waals surface area (Å²) < 4.78 is 6.73. The van der Waals surface area contributed by atoms with Gasteiger partial charge in [0, 0.05) is 21.2 Å². The predicted molar refractivity (Wildman–Crippen MR) is 124 cm³/mol. The van der Waals surface area contributed by atoms with E-state index in [0.29, 0.717) is 10.8 Å². The number of benzene rings is 2. The van der Waals surface area contributed by atoms with Crippen LogP contribution < -0.4 is 10.1 Å². The van der Waals surface area contributed by atoms with Gasteiger partial charge in [0.2, 0.25) is 5.91 Å². The molecule has 0 aliphatic heterocycles. The van der Waals surface area contributed by atoms with E-state index in [9.17, 15) is 9.59 Å². The van der Waals surface area contributed by atoms with Gasteiger partial charge in [0.25, 0.3) is 5.91 Å². The maximum Gasteiger partial charge on any atom is 0.261 e. The highest BCUT2D eigenvalue weighted by atomic mass is 127. The molecule has 2 rings (SSSR count). The van der Waals surface area contributed by atoms with Crippen molar-refractivity contribution in [2.45, 2.75) is 45.8 Å². The highest BCUT2D eigenvalue weighted by Gasteiger charge is 2.27. The van der Waals surface area contributed by atoms with Crippen LogP contribution in [0.1, 0.15) is 32.8 Å². The topological polar surface area (TPSA) is 58.6 Å². The second-order valence-electron chi connectivity index (χ2n) is 6.85. The molecule has 0 aliphatic carbocycles. The molecular weight excluding hydrogens is 503 g/mol. The number of rotatable bonds is 9. The Morgan fingerprint density at radius 1 is 1.14 bits per heavy atom. The number of nitrogens with zero attached hydrogens (tertiary/aromatic N) is 1. The molecule has 0 bridgehead atoms. The Labute approximate surface area is 190 Å². The Morgan fingerprint density at radius 2 is 1.79 bits per heavy atom. The lowest BCUT2D eigenvalue weighted by Gasteiger charge is -2.30. The lowest BCUT2D eigenvalue weighted by Crippen LogP contribution is -2.50. The van der Waals surface area contributed by atoms with Crippen molar-refractivity contribution in [3.63, 3.8) is 0 Å². The Morgan fingerprint density at radius 3 is 2.41 bits per heavy atom. The number of hydrogen-bond donors (Lipinski definition) is 1. The fourth-order valence-corrected chi connectivity index (χ4v) is 3.17. The molecule has 0 spiro atoms. The smallest absolute Gasteiger partial charge is 0.261 e. The highest BCUT2D eigenvalue weighted by Crippen LogP contribution is 2.19. The number of nitrogens with one attached hydrogen (secondary N) is 1. The summed E-state index contributed by atoms with van der Waals surface area (Å²) in [5, 5.41) is 3.49. The number of carbonyl (C=O) groups excluding carboxylic acids is 2. The van der Waals surface area contributed by atoms with E-state index in [0.717, 1.165) is 15.6 Å². The predicted octanol–water partition coefficient (Wildman–Crippen LogP) is 4.66. The molecule has 0 aromatic heterocycles. The first-order valence-corrected chi connectivity index (χ1v) is 11.0. The Balaban J connectivity index is 2.15. The third-order valence-electron chi connectivity index (χ3n) is 4.64. The van der Waals surface area contributed by atoms with E-state index in [-0.39, 0.29) is 31.0 Å². The summed E-state index contributed by atoms with van der Waals surface area (Å²) in [6.45, 7) is 5.72. The summed E-state index contributed by atoms with van der Waals surface area (Å²) in [6.07, 6.45) is 0.812. The van der Waals surface area contributed by atoms with E-state index in [1.165, 1.54) is 4.90 Å². The van der Waals surface area contributed by atoms with Crippen molar-refractivity contribution >= 4 is 46.0 Å². The zero-order valence-corrected chi connectivity index (χ0v) is 19.7. The van der Waals surface area contributed by atoms with Crippen molar-refractivity contribution in [2.24, 2.45) is 0 Å². The van der Waals surface area contributed by atoms with Gasteiger partial charge in [-0.1, -0.05) is 36.7 Å². The van der Waals surface area contributed by atoms with Gasteiger partial charge >= 0.3 is 0 Å². The van der Waals surface area contributed by atoms with Crippen molar-refractivity contribution in [3.05, 3.63) is 62.7 Å². The molecule has 156 valence electrons. The Bertz CT molecular complexity index is 829. The van der Waals surface area contributed by atoms with Crippen LogP contribution in [0.15, 0.2) is 48.5 Å². The largest absolute Gasteiger partial charge is 0.484 e. The average molecular weight is 529 g/mol. The van der Waals surface area contributed by atoms with Crippen LogP contribution in [-0.2, 0) is 16.1 Å². The second kappa shape index (κ2) is 11.4. The molecule has 2 aromatic carbocycles. The van der Waals surface area contributed by atoms with E-state index in [2.05, 4.69) is 27.9 Å². The van der Waals surface area contributed by atoms with E-state index < -0.39 is 6.04 Å². The van der Waals surface area contributed by atoms with Crippen molar-refractivity contribution in [3.8, 4) is 5.75 Å². The fraction of sp³-hybridized carbons (Fsp3) is 0.364. The summed E-state index contributed by atoms with van der Waals surface area (Å²) >= 11 is 8.49. The molecule has 5 nitrogen and oxygen atoms in total. The van der Waals surface area contributed by atoms with Gasteiger partial charge in [-0.3, -0.25) is 9.59 Å². The summed E-state index contributed by atoms with van der Waals surface area (Å²) in [5.41, 5.74) is 0.778. The van der Waals surface area contributed by atoms with Gasteiger partial charge < -0.3 is 15.0 Å². The first kappa shape index (κ1) is 23.5. The normalized spacial score (nSPS) is 12.7. The summed E-state index contributed by atoms with van der Waals surface area (Å²) in [5.74, 6) is 0.123. The number of hydrogen-bond acceptors (Lipinski definition) is 3. The molecule has 1 N–H and O–H groups in total. The van der Waals surface area contributed by atoms with E-state index in [1.807, 2.05) is 56.3 Å². The van der Waals surface area contributed by atoms with Crippen molar-refractivity contribution in [1.82, 2.24) is 10.2 Å². The lowest BCUT2D eigenvalue weighted by molar-refractivity contribution is -0.142. The van der Waals surface area contributed by atoms with Crippen molar-refractivity contribution < 1.29 is 14.3 Å². The molecule has 7 heteroatoms. The van der Waals surface area contributed by atoms with E-state index in [1.54, 1.807) is 13.0 Å². The SMILES string of the molecule is CC[C@H](C)NC(=O)[C@H](C)N(Cc1ccccc1Cl)C(=O)COc1ccc(I)cc1. The molecule has 29 heavy (non-hydrogen) atoms. The van der Waals surface area contributed by atoms with Crippen LogP contribution in [0.25, 0.3) is 0 Å². The minimum atomic E-state index is -0.659. The zero-order chi connectivity index (χ0) is 21.4. The minimum Gasteiger partial charge on any atom is -0.484 e. The fourth-order valence-electron chi connectivity index (χ4n) is 2.62. The van der Waals surface area contributed by atoms with Gasteiger partial charge in [-0.2, -0.15) is 0 Å². The van der Waals surface area contributed by atoms with Gasteiger partial charge in [-0.25, -0.2) is 0 Å². The molecular formula is C22H26ClIN2O3. The molecule has 2 amide bonds. The second-order valence-corrected chi connectivity index (χ2v) is 8.50. The van der Waals surface area contributed by atoms with E-state index >= 15 is 0 Å². The zero-order valence-electron chi connectivity index (χ0n) is 16.8. The maximum atomic E-state index is 13.0. The molecule has 0 fully saturated rings. The quantitative estimate of drug-likeness (QED) is 0.482. The minimum absolute atomic E-state index is 0.0326. The highest BCUT2D eigenvalue weighted by molar-refractivity contribution is 14.1. The monoisotopic (exact) mass is 528 g/mol. The number of halogens is 2. The van der Waals surface area contributed by atoms with Crippen LogP contribution in [0.2, 0.25) is 5.02 Å². The van der Waals surface area contributed by atoms with Gasteiger partial charge in [-0.15, -0.1) is 0 Å². The van der Waals surface area contributed by atoms with Gasteiger partial charge in [0.1, 0.15) is 11.8 Å². The van der Waals surface area contributed by atoms with Crippen LogP contribution in [0.4, 0.5) is 0 Å². The maximum absolute atomic E-state index is 13.0. The first-order chi connectivity index (χ1) is 13.8. The average Bonchev–Trinajstić information content (AvgIpc) is 2.71. The standard InChI is InChI=1S/C22H26ClIN2O3/c1-4-15(2)25-22(28)16(3)26(13-17-7-5-6-8-20(17)23)21(27)14-29-19-11-9-18(24)10-12-19/h5-12,15-16H,4,13-14H2,1-3H3,(H,25,28)/t15-,16-/m0/s1. The third kappa shape index (κ3) is 7.19. The van der Waals surface area contributed by atoms with Crippen LogP contribution in [0.3, 0.4) is 0 Å². The van der Waals surface area contributed by atoms with Crippen LogP contribution in [-0.4, -0.2) is 35.4 Å². The van der Waals surface area contributed by atoms with Gasteiger partial charge in [-0.05, 0) is 78.8 Å². The third-order valence-corrected chi connectivity index (χ3v) is 5.73. The number of amides is 2. The lowest BCUT2D eigenvalue weighted by atomic mass is 10.1. The molecule has 0 saturated carbocycles. The van der Waals surface area contributed by atoms with Gasteiger partial charge in [0.15, 0.2) is 6.61 Å². The number of carbonyl (C=O) groups is 2. The molecule has 0 radical (unpaired) electrons. The number of ether oxygens (including phenoxy) is 1. The Kier molecular flexibility index (Phi) is 9.23. The van der Waals surface area contributed by atoms with Crippen molar-refractivity contribution in [1.29, 1.82) is 0 Å². The van der Waals surface area contributed by atoms with Crippen LogP contribution >= 0.6 is 34.2 Å². The molecule has 2 aromatic rings. The molecule has 2 atom stereocenters. The molecule has 0 unspecified atom stereocenters. The van der Waals surface area contributed by atoms with Crippen LogP contribution in [0, 0.1) is 3.57 Å².